The van der Waals surface area contributed by atoms with Crippen molar-refractivity contribution in [1.29, 1.82) is 0 Å². The maximum absolute atomic E-state index is 2.63. The van der Waals surface area contributed by atoms with Crippen LogP contribution in [0.3, 0.4) is 0 Å². The number of unbranched alkanes of at least 4 members (excludes halogenated alkanes) is 26. The van der Waals surface area contributed by atoms with Crippen LogP contribution in [0.15, 0.2) is 12.4 Å². The molecular formula is C38H75N2+. The lowest BCUT2D eigenvalue weighted by Gasteiger charge is -2.07. The van der Waals surface area contributed by atoms with Crippen LogP contribution in [-0.4, -0.2) is 4.57 Å². The summed E-state index contributed by atoms with van der Waals surface area (Å²) in [5.41, 5.74) is 0. The van der Waals surface area contributed by atoms with Gasteiger partial charge in [0.2, 0.25) is 0 Å². The Bertz CT molecular complexity index is 619. The van der Waals surface area contributed by atoms with Gasteiger partial charge in [-0.1, -0.05) is 175 Å². The molecule has 0 aliphatic carbocycles. The minimum absolute atomic E-state index is 1.23. The molecule has 0 bridgehead atoms. The molecule has 0 aromatic carbocycles. The van der Waals surface area contributed by atoms with Crippen molar-refractivity contribution >= 4 is 0 Å². The van der Waals surface area contributed by atoms with Crippen molar-refractivity contribution in [1.82, 2.24) is 4.57 Å². The second-order valence-corrected chi connectivity index (χ2v) is 13.0. The van der Waals surface area contributed by atoms with E-state index in [0.717, 1.165) is 0 Å². The smallest absolute Gasteiger partial charge is 0.234 e. The van der Waals surface area contributed by atoms with Crippen molar-refractivity contribution in [2.75, 3.05) is 0 Å². The molecule has 0 amide bonds. The fourth-order valence-corrected chi connectivity index (χ4v) is 6.33. The van der Waals surface area contributed by atoms with Gasteiger partial charge in [0.05, 0.1) is 13.1 Å². The third-order valence-corrected chi connectivity index (χ3v) is 9.10. The first-order valence-corrected chi connectivity index (χ1v) is 18.9. The number of rotatable bonds is 32. The lowest BCUT2D eigenvalue weighted by Crippen LogP contribution is -2.37. The Balaban J connectivity index is 2.31. The predicted molar refractivity (Wildman–Crippen MR) is 179 cm³/mol. The van der Waals surface area contributed by atoms with Crippen molar-refractivity contribution in [3.05, 3.63) is 18.2 Å². The SMILES string of the molecule is CCCCCCCCCCCCCn1cc[n+](CCCCCCCCCCCC)c1CCCCCCCCCC. The van der Waals surface area contributed by atoms with E-state index in [2.05, 4.69) is 42.3 Å². The summed E-state index contributed by atoms with van der Waals surface area (Å²) in [4.78, 5) is 0. The minimum atomic E-state index is 1.23. The third kappa shape index (κ3) is 21.9. The summed E-state index contributed by atoms with van der Waals surface area (Å²) < 4.78 is 5.26. The Morgan fingerprint density at radius 3 is 1.20 bits per heavy atom. The summed E-state index contributed by atoms with van der Waals surface area (Å²) >= 11 is 0. The highest BCUT2D eigenvalue weighted by Gasteiger charge is 2.16. The van der Waals surface area contributed by atoms with Crippen molar-refractivity contribution in [3.8, 4) is 0 Å². The van der Waals surface area contributed by atoms with E-state index in [9.17, 15) is 0 Å². The van der Waals surface area contributed by atoms with Crippen molar-refractivity contribution in [2.45, 2.75) is 226 Å². The quantitative estimate of drug-likeness (QED) is 0.0613. The number of nitrogens with zero attached hydrogens (tertiary/aromatic N) is 2. The summed E-state index contributed by atoms with van der Waals surface area (Å²) in [5, 5.41) is 0. The van der Waals surface area contributed by atoms with Gasteiger partial charge in [0, 0.05) is 6.42 Å². The maximum atomic E-state index is 2.63. The fraction of sp³-hybridized carbons (Fsp3) is 0.921. The Morgan fingerprint density at radius 1 is 0.425 bits per heavy atom. The second-order valence-electron chi connectivity index (χ2n) is 13.0. The molecule has 1 heterocycles. The number of imidazole rings is 1. The molecular weight excluding hydrogens is 484 g/mol. The Hall–Kier alpha value is -0.790. The molecule has 40 heavy (non-hydrogen) atoms. The molecule has 0 atom stereocenters. The number of hydrogen-bond donors (Lipinski definition) is 0. The van der Waals surface area contributed by atoms with Crippen molar-refractivity contribution < 1.29 is 4.57 Å². The van der Waals surface area contributed by atoms with Gasteiger partial charge in [-0.3, -0.25) is 0 Å². The summed E-state index contributed by atoms with van der Waals surface area (Å²) in [6.45, 7) is 9.40. The largest absolute Gasteiger partial charge is 0.256 e. The molecule has 0 N–H and O–H groups in total. The van der Waals surface area contributed by atoms with Crippen LogP contribution in [0.4, 0.5) is 0 Å². The van der Waals surface area contributed by atoms with Crippen LogP contribution in [0.2, 0.25) is 0 Å². The molecule has 2 heteroatoms. The van der Waals surface area contributed by atoms with Gasteiger partial charge in [-0.2, -0.15) is 0 Å². The van der Waals surface area contributed by atoms with Crippen LogP contribution >= 0.6 is 0 Å². The molecule has 1 rings (SSSR count). The lowest BCUT2D eigenvalue weighted by atomic mass is 10.1. The summed E-state index contributed by atoms with van der Waals surface area (Å²) in [7, 11) is 0. The first-order chi connectivity index (χ1) is 19.8. The number of hydrogen-bond acceptors (Lipinski definition) is 0. The summed E-state index contributed by atoms with van der Waals surface area (Å²) in [6, 6.07) is 0. The maximum Gasteiger partial charge on any atom is 0.256 e. The van der Waals surface area contributed by atoms with E-state index >= 15 is 0 Å². The zero-order chi connectivity index (χ0) is 28.8. The number of aryl methyl sites for hydroxylation is 2. The fourth-order valence-electron chi connectivity index (χ4n) is 6.33. The molecule has 0 saturated carbocycles. The first-order valence-electron chi connectivity index (χ1n) is 18.9. The van der Waals surface area contributed by atoms with Gasteiger partial charge < -0.3 is 0 Å². The van der Waals surface area contributed by atoms with Crippen LogP contribution in [0.25, 0.3) is 0 Å². The molecule has 1 aromatic rings. The van der Waals surface area contributed by atoms with Crippen molar-refractivity contribution in [3.63, 3.8) is 0 Å². The molecule has 0 aliphatic heterocycles. The van der Waals surface area contributed by atoms with Crippen molar-refractivity contribution in [2.24, 2.45) is 0 Å². The molecule has 2 nitrogen and oxygen atoms in total. The standard InChI is InChI=1S/C38H75N2/c1-4-7-10-13-16-19-21-23-26-29-32-35-40-37-36-39(34-31-28-25-22-20-17-14-11-8-5-2)38(40)33-30-27-24-18-15-12-9-6-3/h36-37H,4-35H2,1-3H3/q+1. The van der Waals surface area contributed by atoms with E-state index in [1.165, 1.54) is 206 Å². The minimum Gasteiger partial charge on any atom is -0.234 e. The van der Waals surface area contributed by atoms with E-state index < -0.39 is 0 Å². The normalized spacial score (nSPS) is 11.6. The lowest BCUT2D eigenvalue weighted by molar-refractivity contribution is -0.704. The van der Waals surface area contributed by atoms with Crippen LogP contribution in [0.5, 0.6) is 0 Å². The van der Waals surface area contributed by atoms with Gasteiger partial charge in [0.25, 0.3) is 5.82 Å². The summed E-state index contributed by atoms with van der Waals surface area (Å²) in [5.74, 6) is 1.62. The molecule has 0 saturated heterocycles. The van der Waals surface area contributed by atoms with Gasteiger partial charge in [-0.15, -0.1) is 0 Å². The molecule has 1 aromatic heterocycles. The van der Waals surface area contributed by atoms with Gasteiger partial charge in [-0.25, -0.2) is 9.13 Å². The highest BCUT2D eigenvalue weighted by atomic mass is 15.1. The monoisotopic (exact) mass is 560 g/mol. The first kappa shape index (κ1) is 37.2. The zero-order valence-corrected chi connectivity index (χ0v) is 28.2. The van der Waals surface area contributed by atoms with Crippen LogP contribution in [0, 0.1) is 0 Å². The van der Waals surface area contributed by atoms with Gasteiger partial charge in [-0.05, 0) is 32.1 Å². The molecule has 0 spiro atoms. The van der Waals surface area contributed by atoms with Crippen LogP contribution < -0.4 is 4.57 Å². The average Bonchev–Trinajstić information content (AvgIpc) is 3.35. The predicted octanol–water partition coefficient (Wildman–Crippen LogP) is 12.7. The Labute approximate surface area is 253 Å². The Morgan fingerprint density at radius 2 is 0.775 bits per heavy atom. The van der Waals surface area contributed by atoms with Crippen LogP contribution in [-0.2, 0) is 19.5 Å². The number of aromatic nitrogens is 2. The topological polar surface area (TPSA) is 8.81 Å². The van der Waals surface area contributed by atoms with E-state index in [1.807, 2.05) is 0 Å². The Kier molecular flexibility index (Phi) is 27.6. The van der Waals surface area contributed by atoms with E-state index in [0.29, 0.717) is 0 Å². The zero-order valence-electron chi connectivity index (χ0n) is 28.2. The highest BCUT2D eigenvalue weighted by Crippen LogP contribution is 2.15. The van der Waals surface area contributed by atoms with E-state index in [1.54, 1.807) is 5.82 Å². The van der Waals surface area contributed by atoms with E-state index in [4.69, 9.17) is 0 Å². The highest BCUT2D eigenvalue weighted by molar-refractivity contribution is 4.84. The molecule has 0 unspecified atom stereocenters. The van der Waals surface area contributed by atoms with Gasteiger partial charge in [0.1, 0.15) is 12.4 Å². The average molecular weight is 560 g/mol. The summed E-state index contributed by atoms with van der Waals surface area (Å²) in [6.07, 6.45) is 47.4. The van der Waals surface area contributed by atoms with Crippen LogP contribution in [0.1, 0.15) is 213 Å². The van der Waals surface area contributed by atoms with Gasteiger partial charge in [0.15, 0.2) is 0 Å². The third-order valence-electron chi connectivity index (χ3n) is 9.10. The van der Waals surface area contributed by atoms with Gasteiger partial charge >= 0.3 is 0 Å². The second kappa shape index (κ2) is 29.7. The molecule has 0 radical (unpaired) electrons. The molecule has 0 aliphatic rings. The molecule has 236 valence electrons. The van der Waals surface area contributed by atoms with E-state index in [-0.39, 0.29) is 0 Å². The molecule has 0 fully saturated rings.